The van der Waals surface area contributed by atoms with Crippen molar-refractivity contribution in [1.29, 1.82) is 0 Å². The molecule has 1 aromatic heterocycles. The Morgan fingerprint density at radius 3 is 1.35 bits per heavy atom. The van der Waals surface area contributed by atoms with Gasteiger partial charge in [0.1, 0.15) is 0 Å². The smallest absolute Gasteiger partial charge is 0.335 e. The second-order valence-electron chi connectivity index (χ2n) is 10.6. The molecule has 13 heteroatoms. The number of nitrogens with two attached hydrogens (primary N) is 3. The summed E-state index contributed by atoms with van der Waals surface area (Å²) in [5, 5.41) is 16.5. The summed E-state index contributed by atoms with van der Waals surface area (Å²) in [6, 6.07) is 30.8. The maximum Gasteiger partial charge on any atom is 0.335 e. The number of aromatic carboxylic acids is 1. The van der Waals surface area contributed by atoms with Crippen molar-refractivity contribution in [3.05, 3.63) is 133 Å². The highest BCUT2D eigenvalue weighted by molar-refractivity contribution is 6.06. The Balaban J connectivity index is 0.000000362. The molecule has 4 aromatic carbocycles. The molecule has 1 heterocycles. The van der Waals surface area contributed by atoms with Crippen molar-refractivity contribution in [3.63, 3.8) is 0 Å². The van der Waals surface area contributed by atoms with Crippen LogP contribution >= 0.6 is 0 Å². The Labute approximate surface area is 298 Å². The Morgan fingerprint density at radius 1 is 0.588 bits per heavy atom. The molecule has 13 nitrogen and oxygen atoms in total. The van der Waals surface area contributed by atoms with Crippen molar-refractivity contribution < 1.29 is 24.3 Å². The number of aromatic nitrogens is 1. The van der Waals surface area contributed by atoms with E-state index in [0.29, 0.717) is 39.7 Å². The van der Waals surface area contributed by atoms with E-state index in [-0.39, 0.29) is 30.7 Å². The van der Waals surface area contributed by atoms with Gasteiger partial charge >= 0.3 is 5.97 Å². The van der Waals surface area contributed by atoms with Crippen LogP contribution in [0.5, 0.6) is 0 Å². The molecule has 51 heavy (non-hydrogen) atoms. The van der Waals surface area contributed by atoms with Gasteiger partial charge in [0.25, 0.3) is 5.91 Å². The van der Waals surface area contributed by atoms with Crippen LogP contribution in [-0.4, -0.2) is 47.9 Å². The van der Waals surface area contributed by atoms with Gasteiger partial charge in [-0.2, -0.15) is 0 Å². The van der Waals surface area contributed by atoms with Gasteiger partial charge in [0, 0.05) is 63.0 Å². The van der Waals surface area contributed by atoms with Gasteiger partial charge in [0.05, 0.1) is 28.3 Å². The Morgan fingerprint density at radius 2 is 1.00 bits per heavy atom. The summed E-state index contributed by atoms with van der Waals surface area (Å²) in [6.07, 6.45) is 3.57. The second kappa shape index (κ2) is 21.9. The van der Waals surface area contributed by atoms with E-state index in [1.54, 1.807) is 85.2 Å². The molecule has 0 spiro atoms. The first-order chi connectivity index (χ1) is 23.8. The van der Waals surface area contributed by atoms with Gasteiger partial charge in [-0.3, -0.25) is 19.4 Å². The van der Waals surface area contributed by atoms with Gasteiger partial charge in [0.2, 0.25) is 11.8 Å². The fraction of sp³-hybridized carbons (Fsp3) is 0.132. The van der Waals surface area contributed by atoms with Crippen LogP contribution in [-0.2, 0) is 9.59 Å². The molecular formula is C38H46N8O5. The molecule has 5 rings (SSSR count). The number of amides is 3. The van der Waals surface area contributed by atoms with Crippen LogP contribution in [0.2, 0.25) is 0 Å². The van der Waals surface area contributed by atoms with E-state index in [0.717, 1.165) is 0 Å². The highest BCUT2D eigenvalue weighted by Crippen LogP contribution is 2.18. The number of para-hydroxylation sites is 4. The van der Waals surface area contributed by atoms with Gasteiger partial charge in [-0.1, -0.05) is 31.7 Å². The number of rotatable bonds is 6. The molecule has 0 fully saturated rings. The zero-order valence-electron chi connectivity index (χ0n) is 28.3. The van der Waals surface area contributed by atoms with Crippen LogP contribution in [0.15, 0.2) is 122 Å². The summed E-state index contributed by atoms with van der Waals surface area (Å²) >= 11 is 0. The molecule has 5 aromatic rings. The van der Waals surface area contributed by atoms with Crippen LogP contribution in [0.3, 0.4) is 0 Å². The molecule has 268 valence electrons. The summed E-state index contributed by atoms with van der Waals surface area (Å²) in [7, 11) is 4.02. The summed E-state index contributed by atoms with van der Waals surface area (Å²) < 4.78 is 0. The number of nitrogens with zero attached hydrogens (tertiary/aromatic N) is 2. The maximum absolute atomic E-state index is 12.0. The first kappa shape index (κ1) is 42.1. The number of carboxylic acids is 1. The van der Waals surface area contributed by atoms with Gasteiger partial charge in [-0.25, -0.2) is 4.79 Å². The summed E-state index contributed by atoms with van der Waals surface area (Å²) in [6.45, 7) is 2.82. The molecule has 0 aliphatic carbocycles. The van der Waals surface area contributed by atoms with E-state index >= 15 is 0 Å². The number of carboxylic acid groups (broad SMARTS) is 1. The lowest BCUT2D eigenvalue weighted by molar-refractivity contribution is -0.115. The molecule has 10 N–H and O–H groups in total. The minimum absolute atomic E-state index is 0. The predicted octanol–water partition coefficient (Wildman–Crippen LogP) is 6.46. The molecule has 0 atom stereocenters. The number of nitrogen functional groups attached to an aromatic ring is 3. The molecule has 0 saturated carbocycles. The summed E-state index contributed by atoms with van der Waals surface area (Å²) in [5.74, 6) is -1.56. The highest BCUT2D eigenvalue weighted by Gasteiger charge is 2.08. The first-order valence-electron chi connectivity index (χ1n) is 15.1. The first-order valence-corrected chi connectivity index (χ1v) is 15.1. The van der Waals surface area contributed by atoms with Gasteiger partial charge in [-0.05, 0) is 84.9 Å². The number of anilines is 7. The van der Waals surface area contributed by atoms with Gasteiger partial charge < -0.3 is 43.2 Å². The number of hydrogen-bond acceptors (Lipinski definition) is 9. The lowest BCUT2D eigenvalue weighted by Crippen LogP contribution is -2.13. The van der Waals surface area contributed by atoms with Crippen LogP contribution in [0.4, 0.5) is 39.8 Å². The fourth-order valence-corrected chi connectivity index (χ4v) is 3.77. The highest BCUT2D eigenvalue weighted by atomic mass is 16.4. The molecular weight excluding hydrogens is 648 g/mol. The van der Waals surface area contributed by atoms with E-state index in [4.69, 9.17) is 22.3 Å². The number of benzene rings is 4. The van der Waals surface area contributed by atoms with E-state index in [1.165, 1.54) is 31.7 Å². The molecule has 0 radical (unpaired) electrons. The van der Waals surface area contributed by atoms with Crippen molar-refractivity contribution in [2.75, 3.05) is 52.1 Å². The summed E-state index contributed by atoms with van der Waals surface area (Å²) in [4.78, 5) is 49.9. The molecule has 0 aliphatic rings. The largest absolute Gasteiger partial charge is 0.478 e. The van der Waals surface area contributed by atoms with E-state index in [2.05, 4.69) is 20.9 Å². The third kappa shape index (κ3) is 16.2. The van der Waals surface area contributed by atoms with Crippen molar-refractivity contribution in [3.8, 4) is 0 Å². The molecule has 3 amide bonds. The van der Waals surface area contributed by atoms with Crippen LogP contribution in [0.25, 0.3) is 0 Å². The number of carbonyl (C=O) groups is 4. The quantitative estimate of drug-likeness (QED) is 0.0962. The standard InChI is InChI=1S/C15H15N3O2.C9H9NO3.C7H10N2.C6H8N2.CH4/c1-10(19)17-12-8-6-11(7-9-12)15(20)18-14-5-3-2-4-13(14)16;1-6(11)10-8-4-2-7(3-5-8)9(12)13;1-9(2)7-3-5-8-6-4-7;7-5-3-1-2-4-6(5)8;/h2-9H,16H2,1H3,(H,17,19)(H,18,20);2-5H,1H3,(H,10,11)(H,12,13);3-6H,1-2H3;1-4H,7-8H2;1H4. The number of carbonyl (C=O) groups excluding carboxylic acids is 3. The summed E-state index contributed by atoms with van der Waals surface area (Å²) in [5.41, 5.74) is 22.0. The van der Waals surface area contributed by atoms with Crippen LogP contribution < -0.4 is 38.1 Å². The molecule has 0 unspecified atom stereocenters. The van der Waals surface area contributed by atoms with E-state index in [1.807, 2.05) is 43.3 Å². The Kier molecular flexibility index (Phi) is 18.1. The third-order valence-electron chi connectivity index (χ3n) is 6.30. The minimum atomic E-state index is -0.977. The van der Waals surface area contributed by atoms with Crippen molar-refractivity contribution in [2.24, 2.45) is 0 Å². The topological polar surface area (TPSA) is 219 Å². The average Bonchev–Trinajstić information content (AvgIpc) is 3.08. The van der Waals surface area contributed by atoms with Crippen LogP contribution in [0, 0.1) is 0 Å². The lowest BCUT2D eigenvalue weighted by Gasteiger charge is -2.10. The van der Waals surface area contributed by atoms with Gasteiger partial charge in [-0.15, -0.1) is 0 Å². The normalized spacial score (nSPS) is 9.25. The predicted molar refractivity (Wildman–Crippen MR) is 208 cm³/mol. The van der Waals surface area contributed by atoms with Crippen LogP contribution in [0.1, 0.15) is 42.0 Å². The lowest BCUT2D eigenvalue weighted by atomic mass is 10.2. The molecule has 0 aliphatic heterocycles. The SMILES string of the molecule is C.CC(=O)Nc1ccc(C(=O)Nc2ccccc2N)cc1.CC(=O)Nc1ccc(C(=O)O)cc1.CN(C)c1ccncc1.Nc1ccccc1N. The number of pyridine rings is 1. The fourth-order valence-electron chi connectivity index (χ4n) is 3.77. The second-order valence-corrected chi connectivity index (χ2v) is 10.6. The molecule has 0 bridgehead atoms. The zero-order chi connectivity index (χ0) is 37.1. The van der Waals surface area contributed by atoms with Crippen molar-refractivity contribution in [1.82, 2.24) is 4.98 Å². The Hall–Kier alpha value is -6.89. The third-order valence-corrected chi connectivity index (χ3v) is 6.30. The Bertz CT molecular complexity index is 1810. The minimum Gasteiger partial charge on any atom is -0.478 e. The zero-order valence-corrected chi connectivity index (χ0v) is 28.3. The number of hydrogen-bond donors (Lipinski definition) is 7. The average molecular weight is 695 g/mol. The number of nitrogens with one attached hydrogen (secondary N) is 3. The van der Waals surface area contributed by atoms with E-state index < -0.39 is 5.97 Å². The monoisotopic (exact) mass is 694 g/mol. The van der Waals surface area contributed by atoms with Gasteiger partial charge in [0.15, 0.2) is 0 Å². The van der Waals surface area contributed by atoms with Crippen molar-refractivity contribution >= 4 is 63.5 Å². The van der Waals surface area contributed by atoms with Crippen molar-refractivity contribution in [2.45, 2.75) is 21.3 Å². The van der Waals surface area contributed by atoms with E-state index in [9.17, 15) is 19.2 Å². The molecule has 0 saturated heterocycles. The maximum atomic E-state index is 12.0.